The summed E-state index contributed by atoms with van der Waals surface area (Å²) >= 11 is 0. The fourth-order valence-corrected chi connectivity index (χ4v) is 2.59. The molecule has 26 heavy (non-hydrogen) atoms. The van der Waals surface area contributed by atoms with E-state index in [9.17, 15) is 9.50 Å². The first kappa shape index (κ1) is 24.9. The normalized spacial score (nSPS) is 12.5. The second kappa shape index (κ2) is 15.0. The largest absolute Gasteiger partial charge is 0.492 e. The van der Waals surface area contributed by atoms with E-state index >= 15 is 0 Å². The van der Waals surface area contributed by atoms with Gasteiger partial charge < -0.3 is 20.5 Å². The Kier molecular flexibility index (Phi) is 14.4. The molecule has 0 spiro atoms. The van der Waals surface area contributed by atoms with E-state index in [2.05, 4.69) is 29.5 Å². The Morgan fingerprint density at radius 3 is 2.69 bits per heavy atom. The second-order valence-electron chi connectivity index (χ2n) is 6.46. The van der Waals surface area contributed by atoms with E-state index in [1.807, 2.05) is 6.92 Å². The molecule has 0 aromatic heterocycles. The Bertz CT molecular complexity index is 515. The van der Waals surface area contributed by atoms with Gasteiger partial charge in [-0.25, -0.2) is 4.39 Å². The number of aliphatic imine (C=N–C) groups is 1. The van der Waals surface area contributed by atoms with Gasteiger partial charge in [0.05, 0.1) is 6.54 Å². The molecule has 1 unspecified atom stereocenters. The maximum atomic E-state index is 13.1. The third kappa shape index (κ3) is 11.5. The maximum Gasteiger partial charge on any atom is 0.191 e. The second-order valence-corrected chi connectivity index (χ2v) is 6.46. The molecule has 0 bridgehead atoms. The molecule has 1 rings (SSSR count). The standard InChI is InChI=1S/C19H32FN3O2.HI/c1-4-21-19(23-14-16(8-10-24)12-15(2)3)22-9-11-25-18-7-5-6-17(20)13-18;/h5-7,13,15-16,24H,4,8-12,14H2,1-3H3,(H2,21,22,23);1H. The van der Waals surface area contributed by atoms with Crippen LogP contribution in [0.3, 0.4) is 0 Å². The number of halogens is 2. The van der Waals surface area contributed by atoms with Crippen LogP contribution in [-0.4, -0.2) is 43.9 Å². The highest BCUT2D eigenvalue weighted by atomic mass is 127. The number of nitrogens with one attached hydrogen (secondary N) is 2. The quantitative estimate of drug-likeness (QED) is 0.196. The first-order chi connectivity index (χ1) is 12.0. The fourth-order valence-electron chi connectivity index (χ4n) is 2.59. The van der Waals surface area contributed by atoms with E-state index in [-0.39, 0.29) is 36.4 Å². The van der Waals surface area contributed by atoms with E-state index in [1.54, 1.807) is 12.1 Å². The summed E-state index contributed by atoms with van der Waals surface area (Å²) in [6, 6.07) is 6.11. The predicted molar refractivity (Wildman–Crippen MR) is 116 cm³/mol. The Morgan fingerprint density at radius 2 is 2.08 bits per heavy atom. The molecule has 7 heteroatoms. The Balaban J connectivity index is 0.00000625. The zero-order valence-electron chi connectivity index (χ0n) is 16.0. The Morgan fingerprint density at radius 1 is 1.31 bits per heavy atom. The number of aliphatic hydroxyl groups is 1. The van der Waals surface area contributed by atoms with E-state index < -0.39 is 0 Å². The number of rotatable bonds is 11. The maximum absolute atomic E-state index is 13.1. The number of hydrogen-bond acceptors (Lipinski definition) is 3. The highest BCUT2D eigenvalue weighted by Crippen LogP contribution is 2.15. The van der Waals surface area contributed by atoms with Gasteiger partial charge in [0.1, 0.15) is 18.2 Å². The van der Waals surface area contributed by atoms with Crippen LogP contribution in [0.2, 0.25) is 0 Å². The molecule has 3 N–H and O–H groups in total. The molecule has 0 saturated heterocycles. The number of ether oxygens (including phenoxy) is 1. The molecule has 0 aliphatic carbocycles. The van der Waals surface area contributed by atoms with Crippen molar-refractivity contribution >= 4 is 29.9 Å². The lowest BCUT2D eigenvalue weighted by molar-refractivity contribution is 0.245. The number of nitrogens with zero attached hydrogens (tertiary/aromatic N) is 1. The van der Waals surface area contributed by atoms with Crippen molar-refractivity contribution in [3.05, 3.63) is 30.1 Å². The minimum absolute atomic E-state index is 0. The Labute approximate surface area is 173 Å². The average molecular weight is 481 g/mol. The zero-order valence-corrected chi connectivity index (χ0v) is 18.3. The molecule has 0 aliphatic rings. The SMILES string of the molecule is CCNC(=NCC(CCO)CC(C)C)NCCOc1cccc(F)c1.I. The zero-order chi connectivity index (χ0) is 18.5. The molecule has 1 aromatic rings. The molecular weight excluding hydrogens is 448 g/mol. The van der Waals surface area contributed by atoms with Crippen LogP contribution in [0.1, 0.15) is 33.6 Å². The monoisotopic (exact) mass is 481 g/mol. The van der Waals surface area contributed by atoms with Crippen LogP contribution in [0.5, 0.6) is 5.75 Å². The molecule has 0 aliphatic heterocycles. The lowest BCUT2D eigenvalue weighted by Crippen LogP contribution is -2.39. The summed E-state index contributed by atoms with van der Waals surface area (Å²) in [6.07, 6.45) is 1.82. The highest BCUT2D eigenvalue weighted by molar-refractivity contribution is 14.0. The third-order valence-electron chi connectivity index (χ3n) is 3.65. The summed E-state index contributed by atoms with van der Waals surface area (Å²) in [4.78, 5) is 4.61. The van der Waals surface area contributed by atoms with Gasteiger partial charge >= 0.3 is 0 Å². The molecule has 1 atom stereocenters. The molecular formula is C19H33FIN3O2. The lowest BCUT2D eigenvalue weighted by Gasteiger charge is -2.17. The molecule has 0 fully saturated rings. The van der Waals surface area contributed by atoms with Crippen LogP contribution < -0.4 is 15.4 Å². The fraction of sp³-hybridized carbons (Fsp3) is 0.632. The summed E-state index contributed by atoms with van der Waals surface area (Å²) in [7, 11) is 0. The molecule has 0 saturated carbocycles. The summed E-state index contributed by atoms with van der Waals surface area (Å²) in [5.74, 6) is 1.91. The summed E-state index contributed by atoms with van der Waals surface area (Å²) in [6.45, 7) is 9.00. The van der Waals surface area contributed by atoms with Gasteiger partial charge in [0.25, 0.3) is 0 Å². The van der Waals surface area contributed by atoms with Gasteiger partial charge in [0, 0.05) is 25.8 Å². The van der Waals surface area contributed by atoms with Crippen LogP contribution in [0.4, 0.5) is 4.39 Å². The number of hydrogen-bond donors (Lipinski definition) is 3. The molecule has 5 nitrogen and oxygen atoms in total. The van der Waals surface area contributed by atoms with Crippen molar-refractivity contribution in [1.82, 2.24) is 10.6 Å². The van der Waals surface area contributed by atoms with Crippen LogP contribution >= 0.6 is 24.0 Å². The summed E-state index contributed by atoms with van der Waals surface area (Å²) in [5, 5.41) is 15.6. The number of aliphatic hydroxyl groups excluding tert-OH is 1. The average Bonchev–Trinajstić information content (AvgIpc) is 2.56. The van der Waals surface area contributed by atoms with Gasteiger partial charge in [-0.15, -0.1) is 24.0 Å². The molecule has 150 valence electrons. The summed E-state index contributed by atoms with van der Waals surface area (Å²) in [5.41, 5.74) is 0. The van der Waals surface area contributed by atoms with Crippen molar-refractivity contribution in [2.75, 3.05) is 32.8 Å². The topological polar surface area (TPSA) is 65.9 Å². The van der Waals surface area contributed by atoms with Crippen molar-refractivity contribution in [1.29, 1.82) is 0 Å². The van der Waals surface area contributed by atoms with Gasteiger partial charge in [0.15, 0.2) is 5.96 Å². The third-order valence-corrected chi connectivity index (χ3v) is 3.65. The van der Waals surface area contributed by atoms with Gasteiger partial charge in [-0.1, -0.05) is 19.9 Å². The van der Waals surface area contributed by atoms with Gasteiger partial charge in [-0.3, -0.25) is 4.99 Å². The van der Waals surface area contributed by atoms with E-state index in [4.69, 9.17) is 4.74 Å². The minimum atomic E-state index is -0.305. The Hall–Kier alpha value is -1.09. The van der Waals surface area contributed by atoms with Crippen LogP contribution in [0.25, 0.3) is 0 Å². The van der Waals surface area contributed by atoms with Gasteiger partial charge in [-0.2, -0.15) is 0 Å². The van der Waals surface area contributed by atoms with Gasteiger partial charge in [0.2, 0.25) is 0 Å². The van der Waals surface area contributed by atoms with Crippen LogP contribution in [0.15, 0.2) is 29.3 Å². The van der Waals surface area contributed by atoms with Crippen LogP contribution in [0, 0.1) is 17.7 Å². The van der Waals surface area contributed by atoms with E-state index in [0.29, 0.717) is 37.3 Å². The number of benzene rings is 1. The van der Waals surface area contributed by atoms with Gasteiger partial charge in [-0.05, 0) is 43.7 Å². The highest BCUT2D eigenvalue weighted by Gasteiger charge is 2.10. The van der Waals surface area contributed by atoms with Crippen molar-refractivity contribution in [2.24, 2.45) is 16.8 Å². The van der Waals surface area contributed by atoms with Crippen molar-refractivity contribution < 1.29 is 14.2 Å². The lowest BCUT2D eigenvalue weighted by atomic mass is 9.94. The smallest absolute Gasteiger partial charge is 0.191 e. The van der Waals surface area contributed by atoms with Crippen LogP contribution in [-0.2, 0) is 0 Å². The predicted octanol–water partition coefficient (Wildman–Crippen LogP) is 3.42. The summed E-state index contributed by atoms with van der Waals surface area (Å²) < 4.78 is 18.6. The number of guanidine groups is 1. The molecule has 1 aromatic carbocycles. The minimum Gasteiger partial charge on any atom is -0.492 e. The van der Waals surface area contributed by atoms with Crippen molar-refractivity contribution in [2.45, 2.75) is 33.6 Å². The van der Waals surface area contributed by atoms with Crippen molar-refractivity contribution in [3.8, 4) is 5.75 Å². The molecule has 0 radical (unpaired) electrons. The van der Waals surface area contributed by atoms with E-state index in [1.165, 1.54) is 12.1 Å². The van der Waals surface area contributed by atoms with E-state index in [0.717, 1.165) is 25.3 Å². The first-order valence-electron chi connectivity index (χ1n) is 9.06. The molecule has 0 amide bonds. The van der Waals surface area contributed by atoms with Crippen molar-refractivity contribution in [3.63, 3.8) is 0 Å². The first-order valence-corrected chi connectivity index (χ1v) is 9.06. The molecule has 0 heterocycles.